The van der Waals surface area contributed by atoms with Gasteiger partial charge in [0, 0.05) is 23.2 Å². The minimum absolute atomic E-state index is 0.0588. The highest BCUT2D eigenvalue weighted by Gasteiger charge is 2.42. The Balaban J connectivity index is 0.000000245. The van der Waals surface area contributed by atoms with Crippen molar-refractivity contribution in [3.05, 3.63) is 70.7 Å². The second kappa shape index (κ2) is 13.7. The Morgan fingerprint density at radius 2 is 1.79 bits per heavy atom. The Labute approximate surface area is 204 Å². The number of nitrogens with one attached hydrogen (secondary N) is 1. The van der Waals surface area contributed by atoms with Crippen LogP contribution in [0.2, 0.25) is 5.02 Å². The zero-order valence-corrected chi connectivity index (χ0v) is 21.1. The van der Waals surface area contributed by atoms with Gasteiger partial charge in [0.25, 0.3) is 0 Å². The van der Waals surface area contributed by atoms with Crippen LogP contribution < -0.4 is 5.32 Å². The van der Waals surface area contributed by atoms with Gasteiger partial charge in [-0.05, 0) is 58.0 Å². The molecule has 1 fully saturated rings. The highest BCUT2D eigenvalue weighted by atomic mass is 35.5. The lowest BCUT2D eigenvalue weighted by atomic mass is 9.74. The van der Waals surface area contributed by atoms with Gasteiger partial charge in [-0.3, -0.25) is 4.79 Å². The fraction of sp³-hybridized carbons (Fsp3) is 0.519. The minimum Gasteiger partial charge on any atom is -0.465 e. The molecule has 182 valence electrons. The summed E-state index contributed by atoms with van der Waals surface area (Å²) in [6.45, 7) is 8.92. The summed E-state index contributed by atoms with van der Waals surface area (Å²) in [5.74, 6) is -0.0588. The van der Waals surface area contributed by atoms with Crippen molar-refractivity contribution in [3.8, 4) is 0 Å². The number of esters is 1. The van der Waals surface area contributed by atoms with E-state index in [-0.39, 0.29) is 5.97 Å². The molecular weight excluding hydrogens is 436 g/mol. The first-order valence-corrected chi connectivity index (χ1v) is 12.2. The first kappa shape index (κ1) is 27.3. The summed E-state index contributed by atoms with van der Waals surface area (Å²) in [6.07, 6.45) is 2.21. The van der Waals surface area contributed by atoms with Crippen LogP contribution in [0.15, 0.2) is 54.6 Å². The number of aliphatic hydroxyl groups excluding tert-OH is 1. The molecule has 1 aliphatic rings. The molecule has 2 aromatic rings. The van der Waals surface area contributed by atoms with E-state index in [4.69, 9.17) is 16.3 Å². The van der Waals surface area contributed by atoms with Gasteiger partial charge >= 0.3 is 5.97 Å². The number of hydrogen-bond donors (Lipinski definition) is 2. The Hall–Kier alpha value is -1.92. The minimum atomic E-state index is -0.536. The molecule has 1 saturated heterocycles. The van der Waals surface area contributed by atoms with Gasteiger partial charge < -0.3 is 20.1 Å². The molecule has 0 aliphatic carbocycles. The lowest BCUT2D eigenvalue weighted by Gasteiger charge is -2.30. The fourth-order valence-electron chi connectivity index (χ4n) is 4.11. The Morgan fingerprint density at radius 3 is 2.42 bits per heavy atom. The molecule has 6 heteroatoms. The summed E-state index contributed by atoms with van der Waals surface area (Å²) < 4.78 is 5.37. The van der Waals surface area contributed by atoms with Crippen molar-refractivity contribution in [2.45, 2.75) is 57.6 Å². The van der Waals surface area contributed by atoms with E-state index in [1.165, 1.54) is 0 Å². The Kier molecular flexibility index (Phi) is 11.3. The van der Waals surface area contributed by atoms with Gasteiger partial charge in [0.2, 0.25) is 0 Å². The first-order valence-electron chi connectivity index (χ1n) is 11.9. The van der Waals surface area contributed by atoms with Gasteiger partial charge in [0.1, 0.15) is 0 Å². The number of benzene rings is 2. The number of halogens is 1. The van der Waals surface area contributed by atoms with E-state index < -0.39 is 11.5 Å². The largest absolute Gasteiger partial charge is 0.465 e. The molecule has 0 radical (unpaired) electrons. The van der Waals surface area contributed by atoms with Crippen LogP contribution in [0.25, 0.3) is 0 Å². The third kappa shape index (κ3) is 8.11. The summed E-state index contributed by atoms with van der Waals surface area (Å²) in [5.41, 5.74) is 1.42. The molecule has 33 heavy (non-hydrogen) atoms. The van der Waals surface area contributed by atoms with Crippen molar-refractivity contribution in [2.75, 3.05) is 33.3 Å². The van der Waals surface area contributed by atoms with E-state index in [2.05, 4.69) is 29.4 Å². The summed E-state index contributed by atoms with van der Waals surface area (Å²) >= 11 is 5.95. The number of nitrogens with zero attached hydrogens (tertiary/aromatic N) is 1. The molecule has 1 aliphatic heterocycles. The van der Waals surface area contributed by atoms with E-state index in [0.717, 1.165) is 43.5 Å². The Morgan fingerprint density at radius 1 is 1.12 bits per heavy atom. The van der Waals surface area contributed by atoms with E-state index in [9.17, 15) is 9.90 Å². The molecule has 2 N–H and O–H groups in total. The van der Waals surface area contributed by atoms with Crippen LogP contribution in [0.4, 0.5) is 0 Å². The van der Waals surface area contributed by atoms with Gasteiger partial charge in [-0.2, -0.15) is 0 Å². The highest BCUT2D eigenvalue weighted by Crippen LogP contribution is 2.36. The maximum absolute atomic E-state index is 12.5. The van der Waals surface area contributed by atoms with Gasteiger partial charge in [-0.15, -0.1) is 0 Å². The predicted octanol–water partition coefficient (Wildman–Crippen LogP) is 4.97. The van der Waals surface area contributed by atoms with E-state index in [1.54, 1.807) is 6.07 Å². The number of ether oxygens (including phenoxy) is 1. The van der Waals surface area contributed by atoms with Crippen LogP contribution in [0, 0.1) is 0 Å². The van der Waals surface area contributed by atoms with Crippen LogP contribution in [0.5, 0.6) is 0 Å². The maximum Gasteiger partial charge on any atom is 0.316 e. The number of carbonyl (C=O) groups is 1. The number of carbonyl (C=O) groups excluding carboxylic acids is 1. The summed E-state index contributed by atoms with van der Waals surface area (Å²) in [4.78, 5) is 14.8. The molecular formula is C27H39ClN2O3. The quantitative estimate of drug-likeness (QED) is 0.554. The molecule has 0 spiro atoms. The fourth-order valence-corrected chi connectivity index (χ4v) is 4.37. The lowest BCUT2D eigenvalue weighted by molar-refractivity contribution is -0.150. The lowest BCUT2D eigenvalue weighted by Crippen LogP contribution is -2.38. The van der Waals surface area contributed by atoms with Crippen LogP contribution >= 0.6 is 11.6 Å². The predicted molar refractivity (Wildman–Crippen MR) is 136 cm³/mol. The zero-order valence-electron chi connectivity index (χ0n) is 20.4. The van der Waals surface area contributed by atoms with Gasteiger partial charge in [-0.25, -0.2) is 0 Å². The van der Waals surface area contributed by atoms with Gasteiger partial charge in [0.15, 0.2) is 0 Å². The molecule has 2 atom stereocenters. The van der Waals surface area contributed by atoms with Crippen molar-refractivity contribution in [1.29, 1.82) is 0 Å². The second-order valence-electron chi connectivity index (χ2n) is 8.93. The summed E-state index contributed by atoms with van der Waals surface area (Å²) in [5, 5.41) is 13.6. The molecule has 0 aromatic heterocycles. The molecule has 2 unspecified atom stereocenters. The molecule has 0 amide bonds. The zero-order chi connectivity index (χ0) is 24.3. The number of rotatable bonds is 7. The van der Waals surface area contributed by atoms with Crippen LogP contribution in [0.3, 0.4) is 0 Å². The number of likely N-dealkylation sites (tertiary alicyclic amines) is 1. The average Bonchev–Trinajstić information content (AvgIpc) is 3.01. The highest BCUT2D eigenvalue weighted by molar-refractivity contribution is 6.31. The SMILES string of the molecule is CC(C)NCC(O)c1ccccc1Cl.CCOC(=O)C1(c2ccccc2)CCCN(C)CC1. The summed E-state index contributed by atoms with van der Waals surface area (Å²) in [6, 6.07) is 17.8. The van der Waals surface area contributed by atoms with E-state index in [0.29, 0.717) is 24.2 Å². The normalized spacial score (nSPS) is 19.8. The van der Waals surface area contributed by atoms with Crippen molar-refractivity contribution < 1.29 is 14.6 Å². The first-order chi connectivity index (χ1) is 15.8. The Bertz CT molecular complexity index is 846. The van der Waals surface area contributed by atoms with Crippen molar-refractivity contribution in [1.82, 2.24) is 10.2 Å². The third-order valence-corrected chi connectivity index (χ3v) is 6.38. The average molecular weight is 475 g/mol. The smallest absolute Gasteiger partial charge is 0.316 e. The maximum atomic E-state index is 12.5. The molecule has 3 rings (SSSR count). The van der Waals surface area contributed by atoms with Crippen molar-refractivity contribution in [3.63, 3.8) is 0 Å². The van der Waals surface area contributed by atoms with Crippen molar-refractivity contribution in [2.24, 2.45) is 0 Å². The van der Waals surface area contributed by atoms with Crippen LogP contribution in [-0.2, 0) is 14.9 Å². The second-order valence-corrected chi connectivity index (χ2v) is 9.33. The molecule has 0 bridgehead atoms. The molecule has 1 heterocycles. The topological polar surface area (TPSA) is 61.8 Å². The van der Waals surface area contributed by atoms with Crippen LogP contribution in [-0.4, -0.2) is 55.3 Å². The third-order valence-electron chi connectivity index (χ3n) is 6.04. The van der Waals surface area contributed by atoms with E-state index in [1.807, 2.05) is 57.2 Å². The molecule has 2 aromatic carbocycles. The summed E-state index contributed by atoms with van der Waals surface area (Å²) in [7, 11) is 2.12. The van der Waals surface area contributed by atoms with Gasteiger partial charge in [0.05, 0.1) is 18.1 Å². The van der Waals surface area contributed by atoms with Crippen molar-refractivity contribution >= 4 is 17.6 Å². The van der Waals surface area contributed by atoms with Crippen LogP contribution in [0.1, 0.15) is 57.3 Å². The monoisotopic (exact) mass is 474 g/mol. The molecule has 5 nitrogen and oxygen atoms in total. The number of aliphatic hydroxyl groups is 1. The molecule has 0 saturated carbocycles. The standard InChI is InChI=1S/C16H23NO2.C11H16ClNO/c1-3-19-15(18)16(14-8-5-4-6-9-14)10-7-12-17(2)13-11-16;1-8(2)13-7-11(14)9-5-3-4-6-10(9)12/h4-6,8-9H,3,7,10-13H2,1-2H3;3-6,8,11,13-14H,7H2,1-2H3. The number of hydrogen-bond acceptors (Lipinski definition) is 5. The van der Waals surface area contributed by atoms with Gasteiger partial charge in [-0.1, -0.05) is 74.0 Å². The van der Waals surface area contributed by atoms with E-state index >= 15 is 0 Å².